The predicted molar refractivity (Wildman–Crippen MR) is 88.2 cm³/mol. The number of aliphatic hydroxyl groups is 1. The van der Waals surface area contributed by atoms with Gasteiger partial charge in [0.15, 0.2) is 0 Å². The number of hydrogen-bond acceptors (Lipinski definition) is 4. The lowest BCUT2D eigenvalue weighted by Gasteiger charge is -2.20. The molecule has 0 spiro atoms. The summed E-state index contributed by atoms with van der Waals surface area (Å²) in [5.74, 6) is 0.845. The first-order valence-electron chi connectivity index (χ1n) is 7.18. The number of carbonyl (C=O) groups is 1. The van der Waals surface area contributed by atoms with E-state index in [1.165, 1.54) is 11.3 Å². The van der Waals surface area contributed by atoms with E-state index in [-0.39, 0.29) is 5.91 Å². The van der Waals surface area contributed by atoms with E-state index in [2.05, 4.69) is 0 Å². The molecular formula is C17H21NO3S. The number of hydrogen-bond donors (Lipinski definition) is 1. The van der Waals surface area contributed by atoms with Crippen LogP contribution in [-0.2, 0) is 11.2 Å². The van der Waals surface area contributed by atoms with Gasteiger partial charge in [0, 0.05) is 18.3 Å². The van der Waals surface area contributed by atoms with E-state index in [0.29, 0.717) is 19.4 Å². The lowest BCUT2D eigenvalue weighted by Crippen LogP contribution is -2.31. The molecule has 0 fully saturated rings. The second-order valence-electron chi connectivity index (χ2n) is 5.15. The number of aliphatic hydroxyl groups excluding tert-OH is 1. The molecule has 0 aliphatic rings. The minimum absolute atomic E-state index is 0.0337. The van der Waals surface area contributed by atoms with Gasteiger partial charge in [0.25, 0.3) is 0 Å². The summed E-state index contributed by atoms with van der Waals surface area (Å²) < 4.78 is 5.11. The zero-order valence-electron chi connectivity index (χ0n) is 12.9. The van der Waals surface area contributed by atoms with E-state index in [1.54, 1.807) is 19.1 Å². The van der Waals surface area contributed by atoms with Crippen molar-refractivity contribution in [1.29, 1.82) is 0 Å². The van der Waals surface area contributed by atoms with Crippen LogP contribution in [-0.4, -0.2) is 36.6 Å². The van der Waals surface area contributed by atoms with Crippen LogP contribution in [0, 0.1) is 0 Å². The van der Waals surface area contributed by atoms with Crippen LogP contribution in [0.5, 0.6) is 5.75 Å². The largest absolute Gasteiger partial charge is 0.497 e. The van der Waals surface area contributed by atoms with Crippen LogP contribution in [0.2, 0.25) is 0 Å². The van der Waals surface area contributed by atoms with E-state index in [4.69, 9.17) is 4.74 Å². The molecule has 22 heavy (non-hydrogen) atoms. The van der Waals surface area contributed by atoms with Gasteiger partial charge in [0.1, 0.15) is 11.9 Å². The van der Waals surface area contributed by atoms with E-state index in [0.717, 1.165) is 16.2 Å². The lowest BCUT2D eigenvalue weighted by atomic mass is 10.1. The van der Waals surface area contributed by atoms with Crippen molar-refractivity contribution in [2.45, 2.75) is 18.9 Å². The molecule has 5 heteroatoms. The standard InChI is InChI=1S/C17H21NO3S/c1-18(12-15(19)16-4-3-11-22-16)17(20)10-7-13-5-8-14(21-2)9-6-13/h3-6,8-9,11,15,19H,7,10,12H2,1-2H3. The fraction of sp³-hybridized carbons (Fsp3) is 0.353. The van der Waals surface area contributed by atoms with Crippen molar-refractivity contribution < 1.29 is 14.6 Å². The summed E-state index contributed by atoms with van der Waals surface area (Å²) in [5.41, 5.74) is 1.10. The molecule has 1 aromatic heterocycles. The molecule has 0 bridgehead atoms. The molecule has 2 rings (SSSR count). The molecule has 0 aliphatic carbocycles. The first-order chi connectivity index (χ1) is 10.6. The average molecular weight is 319 g/mol. The Balaban J connectivity index is 1.80. The molecule has 118 valence electrons. The number of rotatable bonds is 7. The minimum atomic E-state index is -0.616. The Morgan fingerprint density at radius 2 is 2.05 bits per heavy atom. The Labute approximate surface area is 135 Å². The molecule has 1 N–H and O–H groups in total. The van der Waals surface area contributed by atoms with Gasteiger partial charge in [-0.2, -0.15) is 0 Å². The lowest BCUT2D eigenvalue weighted by molar-refractivity contribution is -0.131. The summed E-state index contributed by atoms with van der Waals surface area (Å²) in [6.07, 6.45) is 0.498. The fourth-order valence-electron chi connectivity index (χ4n) is 2.17. The topological polar surface area (TPSA) is 49.8 Å². The molecule has 1 atom stereocenters. The molecule has 1 heterocycles. The normalized spacial score (nSPS) is 12.0. The zero-order chi connectivity index (χ0) is 15.9. The van der Waals surface area contributed by atoms with Crippen molar-refractivity contribution in [2.24, 2.45) is 0 Å². The molecule has 0 saturated carbocycles. The number of benzene rings is 1. The quantitative estimate of drug-likeness (QED) is 0.854. The van der Waals surface area contributed by atoms with Gasteiger partial charge in [-0.3, -0.25) is 4.79 Å². The number of methoxy groups -OCH3 is 1. The predicted octanol–water partition coefficient (Wildman–Crippen LogP) is 2.88. The highest BCUT2D eigenvalue weighted by Crippen LogP contribution is 2.19. The Morgan fingerprint density at radius 3 is 2.64 bits per heavy atom. The maximum absolute atomic E-state index is 12.1. The van der Waals surface area contributed by atoms with E-state index in [1.807, 2.05) is 41.8 Å². The second-order valence-corrected chi connectivity index (χ2v) is 6.13. The summed E-state index contributed by atoms with van der Waals surface area (Å²) in [6, 6.07) is 11.5. The SMILES string of the molecule is COc1ccc(CCC(=O)N(C)CC(O)c2cccs2)cc1. The van der Waals surface area contributed by atoms with Crippen molar-refractivity contribution in [2.75, 3.05) is 20.7 Å². The Kier molecular flexibility index (Phi) is 5.98. The smallest absolute Gasteiger partial charge is 0.222 e. The summed E-state index contributed by atoms with van der Waals surface area (Å²) in [4.78, 5) is 14.6. The summed E-state index contributed by atoms with van der Waals surface area (Å²) in [7, 11) is 3.36. The number of nitrogens with zero attached hydrogens (tertiary/aromatic N) is 1. The number of aryl methyl sites for hydroxylation is 1. The summed E-state index contributed by atoms with van der Waals surface area (Å²) in [5, 5.41) is 12.0. The van der Waals surface area contributed by atoms with Crippen LogP contribution in [0.15, 0.2) is 41.8 Å². The van der Waals surface area contributed by atoms with Gasteiger partial charge in [-0.15, -0.1) is 11.3 Å². The van der Waals surface area contributed by atoms with Crippen LogP contribution in [0.1, 0.15) is 23.0 Å². The summed E-state index contributed by atoms with van der Waals surface area (Å²) >= 11 is 1.50. The number of thiophene rings is 1. The Hall–Kier alpha value is -1.85. The fourth-order valence-corrected chi connectivity index (χ4v) is 2.87. The van der Waals surface area contributed by atoms with Crippen LogP contribution >= 0.6 is 11.3 Å². The van der Waals surface area contributed by atoms with Gasteiger partial charge in [-0.1, -0.05) is 18.2 Å². The number of ether oxygens (including phenoxy) is 1. The Bertz CT molecular complexity index is 580. The van der Waals surface area contributed by atoms with Gasteiger partial charge >= 0.3 is 0 Å². The highest BCUT2D eigenvalue weighted by atomic mass is 32.1. The van der Waals surface area contributed by atoms with Crippen LogP contribution in [0.3, 0.4) is 0 Å². The average Bonchev–Trinajstić information content (AvgIpc) is 3.07. The van der Waals surface area contributed by atoms with Crippen LogP contribution in [0.25, 0.3) is 0 Å². The molecule has 0 radical (unpaired) electrons. The molecule has 4 nitrogen and oxygen atoms in total. The van der Waals surface area contributed by atoms with Crippen molar-refractivity contribution in [3.8, 4) is 5.75 Å². The van der Waals surface area contributed by atoms with Gasteiger partial charge in [-0.05, 0) is 35.6 Å². The van der Waals surface area contributed by atoms with E-state index >= 15 is 0 Å². The summed E-state index contributed by atoms with van der Waals surface area (Å²) in [6.45, 7) is 0.321. The molecule has 1 aromatic carbocycles. The maximum Gasteiger partial charge on any atom is 0.222 e. The number of likely N-dealkylation sites (N-methyl/N-ethyl adjacent to an activating group) is 1. The van der Waals surface area contributed by atoms with Crippen LogP contribution < -0.4 is 4.74 Å². The first-order valence-corrected chi connectivity index (χ1v) is 8.06. The molecule has 0 saturated heterocycles. The molecular weight excluding hydrogens is 298 g/mol. The van der Waals surface area contributed by atoms with Gasteiger partial charge in [0.2, 0.25) is 5.91 Å². The van der Waals surface area contributed by atoms with Crippen LogP contribution in [0.4, 0.5) is 0 Å². The molecule has 0 aliphatic heterocycles. The van der Waals surface area contributed by atoms with Crippen molar-refractivity contribution >= 4 is 17.2 Å². The third kappa shape index (κ3) is 4.58. The second kappa shape index (κ2) is 7.96. The number of carbonyl (C=O) groups excluding carboxylic acids is 1. The highest BCUT2D eigenvalue weighted by Gasteiger charge is 2.15. The zero-order valence-corrected chi connectivity index (χ0v) is 13.7. The van der Waals surface area contributed by atoms with Crippen molar-refractivity contribution in [3.63, 3.8) is 0 Å². The first kappa shape index (κ1) is 16.5. The molecule has 1 amide bonds. The van der Waals surface area contributed by atoms with Gasteiger partial charge < -0.3 is 14.7 Å². The maximum atomic E-state index is 12.1. The monoisotopic (exact) mass is 319 g/mol. The molecule has 2 aromatic rings. The van der Waals surface area contributed by atoms with Crippen molar-refractivity contribution in [1.82, 2.24) is 4.90 Å². The van der Waals surface area contributed by atoms with Gasteiger partial charge in [-0.25, -0.2) is 0 Å². The van der Waals surface area contributed by atoms with Gasteiger partial charge in [0.05, 0.1) is 13.7 Å². The van der Waals surface area contributed by atoms with E-state index < -0.39 is 6.10 Å². The third-order valence-corrected chi connectivity index (χ3v) is 4.50. The Morgan fingerprint density at radius 1 is 1.32 bits per heavy atom. The minimum Gasteiger partial charge on any atom is -0.497 e. The van der Waals surface area contributed by atoms with Crippen molar-refractivity contribution in [3.05, 3.63) is 52.2 Å². The number of amides is 1. The third-order valence-electron chi connectivity index (χ3n) is 3.53. The van der Waals surface area contributed by atoms with E-state index in [9.17, 15) is 9.90 Å². The molecule has 1 unspecified atom stereocenters. The highest BCUT2D eigenvalue weighted by molar-refractivity contribution is 7.10.